The predicted molar refractivity (Wildman–Crippen MR) is 148 cm³/mol. The van der Waals surface area contributed by atoms with Crippen LogP contribution in [0.15, 0.2) is 18.5 Å². The molecule has 40 heavy (non-hydrogen) atoms. The molecule has 2 aliphatic rings. The van der Waals surface area contributed by atoms with Crippen LogP contribution in [0.2, 0.25) is 0 Å². The highest BCUT2D eigenvalue weighted by Crippen LogP contribution is 2.36. The third kappa shape index (κ3) is 6.12. The van der Waals surface area contributed by atoms with Gasteiger partial charge in [0.1, 0.15) is 5.75 Å². The zero-order valence-corrected chi connectivity index (χ0v) is 23.9. The van der Waals surface area contributed by atoms with Crippen LogP contribution in [0.3, 0.4) is 0 Å². The maximum atomic E-state index is 15.2. The summed E-state index contributed by atoms with van der Waals surface area (Å²) in [6.45, 7) is 4.14. The van der Waals surface area contributed by atoms with E-state index >= 15 is 4.39 Å². The minimum absolute atomic E-state index is 0.102. The van der Waals surface area contributed by atoms with Crippen LogP contribution in [-0.4, -0.2) is 69.8 Å². The van der Waals surface area contributed by atoms with E-state index in [-0.39, 0.29) is 50.8 Å². The number of methoxy groups -OCH3 is 1. The molecule has 0 radical (unpaired) electrons. The van der Waals surface area contributed by atoms with Gasteiger partial charge in [0.15, 0.2) is 5.82 Å². The van der Waals surface area contributed by atoms with Crippen molar-refractivity contribution in [2.75, 3.05) is 26.1 Å². The van der Waals surface area contributed by atoms with E-state index in [1.54, 1.807) is 24.9 Å². The van der Waals surface area contributed by atoms with Crippen molar-refractivity contribution in [3.05, 3.63) is 46.2 Å². The molecule has 3 aromatic rings. The lowest BCUT2D eigenvalue weighted by atomic mass is 9.92. The number of ether oxygens (including phenoxy) is 2. The second-order valence-corrected chi connectivity index (χ2v) is 11.4. The fourth-order valence-electron chi connectivity index (χ4n) is 4.92. The Kier molecular flexibility index (Phi) is 8.36. The summed E-state index contributed by atoms with van der Waals surface area (Å²) in [6, 6.07) is 1.72. The normalized spacial score (nSPS) is 18.8. The maximum Gasteiger partial charge on any atom is 0.284 e. The first kappa shape index (κ1) is 28.0. The Morgan fingerprint density at radius 3 is 2.55 bits per heavy atom. The van der Waals surface area contributed by atoms with Crippen molar-refractivity contribution in [2.45, 2.75) is 64.5 Å². The summed E-state index contributed by atoms with van der Waals surface area (Å²) in [6.07, 6.45) is 9.22. The molecule has 212 valence electrons. The van der Waals surface area contributed by atoms with Gasteiger partial charge in [0.25, 0.3) is 11.8 Å². The van der Waals surface area contributed by atoms with Crippen LogP contribution >= 0.6 is 11.3 Å². The molecule has 3 heterocycles. The Bertz CT molecular complexity index is 1400. The Hall–Kier alpha value is -3.51. The van der Waals surface area contributed by atoms with Crippen LogP contribution < -0.4 is 10.1 Å². The Balaban J connectivity index is 1.27. The van der Waals surface area contributed by atoms with Crippen molar-refractivity contribution in [3.8, 4) is 16.9 Å². The lowest BCUT2D eigenvalue weighted by molar-refractivity contribution is 0.00590. The molecule has 2 saturated carbocycles. The number of halogens is 1. The van der Waals surface area contributed by atoms with Gasteiger partial charge < -0.3 is 14.4 Å². The first-order chi connectivity index (χ1) is 19.2. The highest BCUT2D eigenvalue weighted by Gasteiger charge is 2.31. The van der Waals surface area contributed by atoms with Gasteiger partial charge in [-0.05, 0) is 64.4 Å². The van der Waals surface area contributed by atoms with Gasteiger partial charge in [0, 0.05) is 37.2 Å². The van der Waals surface area contributed by atoms with Gasteiger partial charge in [-0.1, -0.05) is 11.3 Å². The highest BCUT2D eigenvalue weighted by atomic mass is 32.1. The van der Waals surface area contributed by atoms with Crippen LogP contribution in [-0.2, 0) is 4.74 Å². The molecular formula is C28H33FN6O4S. The van der Waals surface area contributed by atoms with E-state index in [1.807, 2.05) is 0 Å². The summed E-state index contributed by atoms with van der Waals surface area (Å²) in [5, 5.41) is 11.1. The van der Waals surface area contributed by atoms with Crippen molar-refractivity contribution in [1.82, 2.24) is 25.1 Å². The molecule has 0 aliphatic heterocycles. The number of nitrogens with zero attached hydrogens (tertiary/aromatic N) is 5. The van der Waals surface area contributed by atoms with Gasteiger partial charge in [-0.15, -0.1) is 10.2 Å². The maximum absolute atomic E-state index is 15.2. The molecule has 0 saturated heterocycles. The van der Waals surface area contributed by atoms with Crippen LogP contribution in [0, 0.1) is 25.6 Å². The Morgan fingerprint density at radius 1 is 1.10 bits per heavy atom. The highest BCUT2D eigenvalue weighted by molar-refractivity contribution is 7.17. The number of carbonyl (C=O) groups excluding carboxylic acids is 2. The number of carbonyl (C=O) groups is 2. The number of hydrogen-bond acceptors (Lipinski definition) is 9. The van der Waals surface area contributed by atoms with E-state index < -0.39 is 11.7 Å². The van der Waals surface area contributed by atoms with Crippen molar-refractivity contribution in [3.63, 3.8) is 0 Å². The second-order valence-electron chi connectivity index (χ2n) is 10.5. The average molecular weight is 569 g/mol. The van der Waals surface area contributed by atoms with E-state index in [1.165, 1.54) is 39.3 Å². The molecule has 0 atom stereocenters. The molecule has 0 aromatic carbocycles. The van der Waals surface area contributed by atoms with Crippen molar-refractivity contribution in [2.24, 2.45) is 5.92 Å². The minimum Gasteiger partial charge on any atom is -0.494 e. The fraction of sp³-hybridized carbons (Fsp3) is 0.500. The fourth-order valence-corrected chi connectivity index (χ4v) is 5.64. The lowest BCUT2D eigenvalue weighted by Crippen LogP contribution is -2.40. The van der Waals surface area contributed by atoms with E-state index in [0.717, 1.165) is 49.5 Å². The first-order valence-electron chi connectivity index (χ1n) is 13.4. The van der Waals surface area contributed by atoms with Crippen LogP contribution in [0.5, 0.6) is 5.75 Å². The number of anilines is 1. The molecule has 2 aliphatic carbocycles. The van der Waals surface area contributed by atoms with E-state index in [2.05, 4.69) is 25.5 Å². The number of rotatable bonds is 9. The third-order valence-corrected chi connectivity index (χ3v) is 8.36. The molecule has 3 aromatic heterocycles. The molecule has 5 rings (SSSR count). The Labute approximate surface area is 236 Å². The summed E-state index contributed by atoms with van der Waals surface area (Å²) < 4.78 is 26.6. The number of pyridine rings is 2. The van der Waals surface area contributed by atoms with Crippen molar-refractivity contribution >= 4 is 28.3 Å². The monoisotopic (exact) mass is 568 g/mol. The molecular weight excluding hydrogens is 535 g/mol. The summed E-state index contributed by atoms with van der Waals surface area (Å²) >= 11 is 0.994. The number of nitrogens with one attached hydrogen (secondary N) is 1. The van der Waals surface area contributed by atoms with Crippen molar-refractivity contribution < 1.29 is 23.5 Å². The zero-order valence-electron chi connectivity index (χ0n) is 23.1. The molecule has 2 fully saturated rings. The third-order valence-electron chi connectivity index (χ3n) is 7.54. The largest absolute Gasteiger partial charge is 0.494 e. The molecule has 12 heteroatoms. The quantitative estimate of drug-likeness (QED) is 0.390. The van der Waals surface area contributed by atoms with E-state index in [9.17, 15) is 9.59 Å². The SMILES string of the molecule is COc1cnc(C)c(F)c1-c1cc(C)ncc1C(=O)Nc1nnc(C(=O)N(C)[C@H]2CC[C@H](OCC3CC3)CC2)s1. The van der Waals surface area contributed by atoms with Gasteiger partial charge >= 0.3 is 0 Å². The second kappa shape index (κ2) is 11.9. The average Bonchev–Trinajstić information content (AvgIpc) is 3.68. The number of aryl methyl sites for hydroxylation is 2. The number of amides is 2. The standard InChI is InChI=1S/C28H33FN6O4S/c1-15-11-20(23-22(38-4)13-31-16(2)24(23)29)21(12-30-15)25(36)32-28-34-33-26(40-28)27(37)35(3)18-7-9-19(10-8-18)39-14-17-5-6-17/h11-13,17-19H,5-10,14H2,1-4H3,(H,32,34,36)/t18-,19-. The summed E-state index contributed by atoms with van der Waals surface area (Å²) in [5.41, 5.74) is 1.31. The van der Waals surface area contributed by atoms with Gasteiger partial charge in [-0.2, -0.15) is 0 Å². The number of aromatic nitrogens is 4. The molecule has 0 bridgehead atoms. The summed E-state index contributed by atoms with van der Waals surface area (Å²) in [5.74, 6) is -0.456. The van der Waals surface area contributed by atoms with Crippen LogP contribution in [0.25, 0.3) is 11.1 Å². The van der Waals surface area contributed by atoms with Gasteiger partial charge in [0.05, 0.1) is 36.2 Å². The summed E-state index contributed by atoms with van der Waals surface area (Å²) in [7, 11) is 3.19. The van der Waals surface area contributed by atoms with E-state index in [4.69, 9.17) is 9.47 Å². The molecule has 0 unspecified atom stereocenters. The van der Waals surface area contributed by atoms with Crippen LogP contribution in [0.1, 0.15) is 70.1 Å². The number of hydrogen-bond donors (Lipinski definition) is 1. The van der Waals surface area contributed by atoms with Gasteiger partial charge in [-0.3, -0.25) is 24.9 Å². The Morgan fingerprint density at radius 2 is 1.85 bits per heavy atom. The van der Waals surface area contributed by atoms with Gasteiger partial charge in [0.2, 0.25) is 10.1 Å². The topological polar surface area (TPSA) is 119 Å². The van der Waals surface area contributed by atoms with Crippen LogP contribution in [0.4, 0.5) is 9.52 Å². The lowest BCUT2D eigenvalue weighted by Gasteiger charge is -2.34. The molecule has 2 amide bonds. The predicted octanol–water partition coefficient (Wildman–Crippen LogP) is 4.82. The van der Waals surface area contributed by atoms with Crippen molar-refractivity contribution in [1.29, 1.82) is 0 Å². The van der Waals surface area contributed by atoms with Gasteiger partial charge in [-0.25, -0.2) is 4.39 Å². The molecule has 0 spiro atoms. The molecule has 1 N–H and O–H groups in total. The summed E-state index contributed by atoms with van der Waals surface area (Å²) in [4.78, 5) is 36.4. The zero-order chi connectivity index (χ0) is 28.4. The molecule has 10 nitrogen and oxygen atoms in total. The first-order valence-corrected chi connectivity index (χ1v) is 14.3. The minimum atomic E-state index is -0.589. The smallest absolute Gasteiger partial charge is 0.284 e. The van der Waals surface area contributed by atoms with E-state index in [0.29, 0.717) is 11.3 Å².